The molecule has 1 aliphatic heterocycles. The molecule has 1 aromatic carbocycles. The van der Waals surface area contributed by atoms with Crippen LogP contribution >= 0.6 is 0 Å². The molecule has 0 unspecified atom stereocenters. The zero-order valence-corrected chi connectivity index (χ0v) is 12.8. The minimum atomic E-state index is -0.217. The molecule has 2 atom stereocenters. The summed E-state index contributed by atoms with van der Waals surface area (Å²) in [5, 5.41) is 0. The van der Waals surface area contributed by atoms with Crippen molar-refractivity contribution in [2.75, 3.05) is 20.3 Å². The van der Waals surface area contributed by atoms with Gasteiger partial charge in [-0.3, -0.25) is 0 Å². The van der Waals surface area contributed by atoms with Gasteiger partial charge in [0.25, 0.3) is 0 Å². The summed E-state index contributed by atoms with van der Waals surface area (Å²) in [5.41, 5.74) is 2.99. The fourth-order valence-electron chi connectivity index (χ4n) is 4.46. The van der Waals surface area contributed by atoms with Gasteiger partial charge in [-0.25, -0.2) is 0 Å². The van der Waals surface area contributed by atoms with Crippen LogP contribution in [0.5, 0.6) is 5.75 Å². The van der Waals surface area contributed by atoms with Crippen LogP contribution in [-0.4, -0.2) is 26.1 Å². The molecular formula is C18H24O3. The quantitative estimate of drug-likeness (QED) is 0.835. The Labute approximate surface area is 126 Å². The van der Waals surface area contributed by atoms with Gasteiger partial charge in [0.05, 0.1) is 20.3 Å². The summed E-state index contributed by atoms with van der Waals surface area (Å²) in [6, 6.07) is 6.57. The highest BCUT2D eigenvalue weighted by molar-refractivity contribution is 5.37. The molecule has 0 radical (unpaired) electrons. The van der Waals surface area contributed by atoms with Gasteiger partial charge in [-0.15, -0.1) is 0 Å². The first-order valence-corrected chi connectivity index (χ1v) is 8.22. The molecule has 4 rings (SSSR count). The van der Waals surface area contributed by atoms with Crippen LogP contribution in [0.1, 0.15) is 36.8 Å². The Morgan fingerprint density at radius 1 is 1.10 bits per heavy atom. The number of aryl methyl sites for hydroxylation is 1. The summed E-state index contributed by atoms with van der Waals surface area (Å²) in [6.07, 6.45) is 7.13. The number of rotatable bonds is 2. The van der Waals surface area contributed by atoms with E-state index in [9.17, 15) is 0 Å². The molecule has 1 saturated heterocycles. The highest BCUT2D eigenvalue weighted by Gasteiger charge is 2.46. The Morgan fingerprint density at radius 3 is 2.76 bits per heavy atom. The van der Waals surface area contributed by atoms with Gasteiger partial charge >= 0.3 is 0 Å². The number of benzene rings is 1. The predicted octanol–water partition coefficient (Wildman–Crippen LogP) is 3.34. The van der Waals surface area contributed by atoms with E-state index in [4.69, 9.17) is 14.2 Å². The van der Waals surface area contributed by atoms with Gasteiger partial charge in [-0.1, -0.05) is 6.07 Å². The summed E-state index contributed by atoms with van der Waals surface area (Å²) in [4.78, 5) is 0. The van der Waals surface area contributed by atoms with Gasteiger partial charge in [0, 0.05) is 12.8 Å². The molecule has 2 aliphatic carbocycles. The first-order valence-electron chi connectivity index (χ1n) is 8.22. The highest BCUT2D eigenvalue weighted by Crippen LogP contribution is 2.46. The van der Waals surface area contributed by atoms with E-state index in [1.165, 1.54) is 36.8 Å². The zero-order valence-electron chi connectivity index (χ0n) is 12.8. The summed E-state index contributed by atoms with van der Waals surface area (Å²) < 4.78 is 17.1. The lowest BCUT2D eigenvalue weighted by Crippen LogP contribution is -2.28. The van der Waals surface area contributed by atoms with Crippen LogP contribution in [0.3, 0.4) is 0 Å². The van der Waals surface area contributed by atoms with Gasteiger partial charge in [0.1, 0.15) is 5.75 Å². The van der Waals surface area contributed by atoms with Gasteiger partial charge in [0.15, 0.2) is 5.79 Å². The Morgan fingerprint density at radius 2 is 1.95 bits per heavy atom. The zero-order chi connectivity index (χ0) is 14.3. The van der Waals surface area contributed by atoms with Crippen LogP contribution in [0.2, 0.25) is 0 Å². The molecule has 0 N–H and O–H groups in total. The summed E-state index contributed by atoms with van der Waals surface area (Å²) in [5.74, 6) is 2.32. The van der Waals surface area contributed by atoms with E-state index in [0.29, 0.717) is 0 Å². The first kappa shape index (κ1) is 13.6. The lowest BCUT2D eigenvalue weighted by atomic mass is 9.76. The van der Waals surface area contributed by atoms with E-state index in [2.05, 4.69) is 18.2 Å². The van der Waals surface area contributed by atoms with Crippen molar-refractivity contribution in [1.29, 1.82) is 0 Å². The van der Waals surface area contributed by atoms with E-state index in [1.807, 2.05) is 0 Å². The monoisotopic (exact) mass is 288 g/mol. The Balaban J connectivity index is 1.46. The summed E-state index contributed by atoms with van der Waals surface area (Å²) in [7, 11) is 1.74. The van der Waals surface area contributed by atoms with Crippen LogP contribution < -0.4 is 4.74 Å². The average molecular weight is 288 g/mol. The summed E-state index contributed by atoms with van der Waals surface area (Å²) in [6.45, 7) is 1.56. The van der Waals surface area contributed by atoms with E-state index in [0.717, 1.165) is 43.6 Å². The maximum absolute atomic E-state index is 5.88. The second-order valence-corrected chi connectivity index (χ2v) is 6.75. The molecule has 1 spiro atoms. The lowest BCUT2D eigenvalue weighted by molar-refractivity contribution is -0.153. The average Bonchev–Trinajstić information content (AvgIpc) is 3.17. The molecule has 1 saturated carbocycles. The fraction of sp³-hybridized carbons (Fsp3) is 0.667. The smallest absolute Gasteiger partial charge is 0.168 e. The fourth-order valence-corrected chi connectivity index (χ4v) is 4.46. The van der Waals surface area contributed by atoms with Crippen LogP contribution in [0.25, 0.3) is 0 Å². The normalized spacial score (nSPS) is 30.5. The molecule has 0 bridgehead atoms. The predicted molar refractivity (Wildman–Crippen MR) is 80.5 cm³/mol. The minimum Gasteiger partial charge on any atom is -0.497 e. The van der Waals surface area contributed by atoms with Crippen molar-refractivity contribution >= 4 is 0 Å². The standard InChI is InChI=1S/C18H24O3/c1-19-17-5-4-13-10-14(2-3-15(13)11-17)16-6-7-18(12-16)20-8-9-21-18/h4-5,11,14,16H,2-3,6-10,12H2,1H3/t14-,16-/m0/s1. The van der Waals surface area contributed by atoms with Crippen LogP contribution in [0.4, 0.5) is 0 Å². The van der Waals surface area contributed by atoms with Gasteiger partial charge in [-0.2, -0.15) is 0 Å². The molecule has 114 valence electrons. The van der Waals surface area contributed by atoms with Crippen molar-refractivity contribution < 1.29 is 14.2 Å². The molecule has 21 heavy (non-hydrogen) atoms. The van der Waals surface area contributed by atoms with E-state index >= 15 is 0 Å². The van der Waals surface area contributed by atoms with Gasteiger partial charge in [-0.05, 0) is 60.8 Å². The van der Waals surface area contributed by atoms with E-state index in [1.54, 1.807) is 7.11 Å². The van der Waals surface area contributed by atoms with Crippen molar-refractivity contribution in [2.45, 2.75) is 44.3 Å². The van der Waals surface area contributed by atoms with Crippen LogP contribution in [-0.2, 0) is 22.3 Å². The second-order valence-electron chi connectivity index (χ2n) is 6.75. The van der Waals surface area contributed by atoms with Crippen molar-refractivity contribution in [1.82, 2.24) is 0 Å². The summed E-state index contributed by atoms with van der Waals surface area (Å²) >= 11 is 0. The first-order chi connectivity index (χ1) is 10.3. The number of hydrogen-bond acceptors (Lipinski definition) is 3. The van der Waals surface area contributed by atoms with E-state index < -0.39 is 0 Å². The largest absolute Gasteiger partial charge is 0.497 e. The number of hydrogen-bond donors (Lipinski definition) is 0. The lowest BCUT2D eigenvalue weighted by Gasteiger charge is -2.30. The Hall–Kier alpha value is -1.06. The van der Waals surface area contributed by atoms with Crippen molar-refractivity contribution in [3.05, 3.63) is 29.3 Å². The van der Waals surface area contributed by atoms with Gasteiger partial charge < -0.3 is 14.2 Å². The second kappa shape index (κ2) is 5.29. The minimum absolute atomic E-state index is 0.217. The van der Waals surface area contributed by atoms with Crippen molar-refractivity contribution in [3.8, 4) is 5.75 Å². The third-order valence-corrected chi connectivity index (χ3v) is 5.63. The molecule has 3 aliphatic rings. The van der Waals surface area contributed by atoms with Crippen molar-refractivity contribution in [3.63, 3.8) is 0 Å². The Bertz CT molecular complexity index is 519. The molecule has 0 amide bonds. The van der Waals surface area contributed by atoms with Crippen LogP contribution in [0, 0.1) is 11.8 Å². The molecule has 2 fully saturated rings. The third-order valence-electron chi connectivity index (χ3n) is 5.63. The third kappa shape index (κ3) is 2.47. The molecular weight excluding hydrogens is 264 g/mol. The number of ether oxygens (including phenoxy) is 3. The molecule has 0 aromatic heterocycles. The van der Waals surface area contributed by atoms with E-state index in [-0.39, 0.29) is 5.79 Å². The topological polar surface area (TPSA) is 27.7 Å². The molecule has 3 nitrogen and oxygen atoms in total. The molecule has 1 aromatic rings. The number of fused-ring (bicyclic) bond motifs is 1. The maximum atomic E-state index is 5.88. The maximum Gasteiger partial charge on any atom is 0.168 e. The van der Waals surface area contributed by atoms with Crippen molar-refractivity contribution in [2.24, 2.45) is 11.8 Å². The molecule has 1 heterocycles. The SMILES string of the molecule is COc1ccc2c(c1)CC[C@H]([C@H]1CCC3(C1)OCCO3)C2. The van der Waals surface area contributed by atoms with Gasteiger partial charge in [0.2, 0.25) is 0 Å². The van der Waals surface area contributed by atoms with Crippen LogP contribution in [0.15, 0.2) is 18.2 Å². The Kier molecular flexibility index (Phi) is 3.43. The molecule has 3 heteroatoms. The highest BCUT2D eigenvalue weighted by atomic mass is 16.7. The number of methoxy groups -OCH3 is 1.